The van der Waals surface area contributed by atoms with E-state index in [9.17, 15) is 9.18 Å². The molecule has 0 radical (unpaired) electrons. The quantitative estimate of drug-likeness (QED) is 0.777. The first kappa shape index (κ1) is 11.4. The van der Waals surface area contributed by atoms with Crippen LogP contribution < -0.4 is 5.32 Å². The highest BCUT2D eigenvalue weighted by Crippen LogP contribution is 2.42. The zero-order valence-electron chi connectivity index (χ0n) is 10.6. The molecule has 1 N–H and O–H groups in total. The molecule has 1 aliphatic carbocycles. The number of benzene rings is 2. The summed E-state index contributed by atoms with van der Waals surface area (Å²) >= 11 is 0. The average Bonchev–Trinajstić information content (AvgIpc) is 2.47. The predicted molar refractivity (Wildman–Crippen MR) is 74.8 cm³/mol. The van der Waals surface area contributed by atoms with E-state index < -0.39 is 0 Å². The number of halogens is 1. The lowest BCUT2D eigenvalue weighted by Crippen LogP contribution is -2.39. The fourth-order valence-corrected chi connectivity index (χ4v) is 3.14. The highest BCUT2D eigenvalue weighted by molar-refractivity contribution is 5.98. The van der Waals surface area contributed by atoms with Gasteiger partial charge in [0, 0.05) is 11.5 Å². The Balaban J connectivity index is 1.91. The Morgan fingerprint density at radius 2 is 1.90 bits per heavy atom. The molecule has 2 aliphatic rings. The summed E-state index contributed by atoms with van der Waals surface area (Å²) < 4.78 is 13.3. The molecule has 0 spiro atoms. The van der Waals surface area contributed by atoms with Crippen LogP contribution in [-0.2, 0) is 0 Å². The minimum Gasteiger partial charge on any atom is -0.344 e. The first-order valence-electron chi connectivity index (χ1n) is 6.61. The van der Waals surface area contributed by atoms with E-state index in [2.05, 4.69) is 17.5 Å². The largest absolute Gasteiger partial charge is 0.344 e. The van der Waals surface area contributed by atoms with E-state index in [0.717, 1.165) is 16.7 Å². The molecule has 0 saturated heterocycles. The molecule has 0 unspecified atom stereocenters. The number of rotatable bonds is 0. The van der Waals surface area contributed by atoms with E-state index in [1.165, 1.54) is 12.1 Å². The summed E-state index contributed by atoms with van der Waals surface area (Å²) in [5.74, 6) is -0.512. The minimum atomic E-state index is -0.377. The van der Waals surface area contributed by atoms with Crippen molar-refractivity contribution in [2.24, 2.45) is 0 Å². The van der Waals surface area contributed by atoms with Crippen LogP contribution >= 0.6 is 0 Å². The van der Waals surface area contributed by atoms with E-state index in [4.69, 9.17) is 0 Å². The molecule has 1 heterocycles. The molecule has 2 atom stereocenters. The summed E-state index contributed by atoms with van der Waals surface area (Å²) in [7, 11) is 0. The molecule has 1 aliphatic heterocycles. The SMILES string of the molecule is O=C1N[C@@H]2c3ccccc3C=C[C@@H]2c2ccc(F)cc21. The van der Waals surface area contributed by atoms with Crippen molar-refractivity contribution in [1.82, 2.24) is 5.32 Å². The van der Waals surface area contributed by atoms with Gasteiger partial charge in [-0.05, 0) is 28.8 Å². The molecule has 0 saturated carbocycles. The third kappa shape index (κ3) is 1.53. The first-order chi connectivity index (χ1) is 9.74. The maximum absolute atomic E-state index is 13.3. The van der Waals surface area contributed by atoms with Crippen LogP contribution in [0.4, 0.5) is 4.39 Å². The van der Waals surface area contributed by atoms with Crippen molar-refractivity contribution in [2.75, 3.05) is 0 Å². The molecule has 0 aromatic heterocycles. The Morgan fingerprint density at radius 1 is 1.05 bits per heavy atom. The zero-order chi connectivity index (χ0) is 13.7. The van der Waals surface area contributed by atoms with Gasteiger partial charge in [0.1, 0.15) is 5.82 Å². The molecule has 2 aromatic rings. The van der Waals surface area contributed by atoms with Crippen molar-refractivity contribution in [3.63, 3.8) is 0 Å². The number of fused-ring (bicyclic) bond motifs is 5. The van der Waals surface area contributed by atoms with Crippen molar-refractivity contribution >= 4 is 12.0 Å². The Kier molecular flexibility index (Phi) is 2.30. The van der Waals surface area contributed by atoms with Gasteiger partial charge in [-0.25, -0.2) is 4.39 Å². The number of carbonyl (C=O) groups is 1. The molecule has 0 fully saturated rings. The highest BCUT2D eigenvalue weighted by atomic mass is 19.1. The van der Waals surface area contributed by atoms with Gasteiger partial charge in [0.05, 0.1) is 6.04 Å². The van der Waals surface area contributed by atoms with Gasteiger partial charge in [0.15, 0.2) is 0 Å². The van der Waals surface area contributed by atoms with Crippen LogP contribution in [0.15, 0.2) is 48.5 Å². The molecule has 98 valence electrons. The summed E-state index contributed by atoms with van der Waals surface area (Å²) in [6, 6.07) is 12.4. The Labute approximate surface area is 115 Å². The molecule has 1 amide bonds. The number of hydrogen-bond acceptors (Lipinski definition) is 1. The topological polar surface area (TPSA) is 29.1 Å². The molecule has 0 bridgehead atoms. The van der Waals surface area contributed by atoms with Gasteiger partial charge >= 0.3 is 0 Å². The van der Waals surface area contributed by atoms with E-state index in [-0.39, 0.29) is 23.7 Å². The molecule has 4 rings (SSSR count). The van der Waals surface area contributed by atoms with E-state index in [1.807, 2.05) is 24.3 Å². The zero-order valence-corrected chi connectivity index (χ0v) is 10.6. The lowest BCUT2D eigenvalue weighted by Gasteiger charge is -2.35. The lowest BCUT2D eigenvalue weighted by atomic mass is 9.77. The molecule has 2 aromatic carbocycles. The van der Waals surface area contributed by atoms with Crippen LogP contribution in [0.1, 0.15) is 39.0 Å². The normalized spacial score (nSPS) is 22.6. The monoisotopic (exact) mass is 265 g/mol. The molecular weight excluding hydrogens is 253 g/mol. The van der Waals surface area contributed by atoms with Gasteiger partial charge in [-0.1, -0.05) is 42.5 Å². The third-order valence-corrected chi connectivity index (χ3v) is 4.08. The van der Waals surface area contributed by atoms with Crippen LogP contribution in [0.25, 0.3) is 6.08 Å². The summed E-state index contributed by atoms with van der Waals surface area (Å²) in [6.07, 6.45) is 4.16. The third-order valence-electron chi connectivity index (χ3n) is 4.08. The first-order valence-corrected chi connectivity index (χ1v) is 6.61. The molecule has 20 heavy (non-hydrogen) atoms. The lowest BCUT2D eigenvalue weighted by molar-refractivity contribution is 0.0919. The van der Waals surface area contributed by atoms with Gasteiger partial charge < -0.3 is 5.32 Å². The van der Waals surface area contributed by atoms with Crippen molar-refractivity contribution in [3.05, 3.63) is 76.6 Å². The van der Waals surface area contributed by atoms with Crippen LogP contribution in [0.5, 0.6) is 0 Å². The summed E-state index contributed by atoms with van der Waals surface area (Å²) in [5.41, 5.74) is 3.57. The fourth-order valence-electron chi connectivity index (χ4n) is 3.14. The highest BCUT2D eigenvalue weighted by Gasteiger charge is 2.35. The summed E-state index contributed by atoms with van der Waals surface area (Å²) in [5, 5.41) is 3.00. The average molecular weight is 265 g/mol. The van der Waals surface area contributed by atoms with Crippen LogP contribution in [-0.4, -0.2) is 5.91 Å². The number of amides is 1. The second-order valence-corrected chi connectivity index (χ2v) is 5.20. The number of carbonyl (C=O) groups excluding carboxylic acids is 1. The van der Waals surface area contributed by atoms with E-state index >= 15 is 0 Å². The Hall–Kier alpha value is -2.42. The Bertz CT molecular complexity index is 750. The maximum Gasteiger partial charge on any atom is 0.252 e. The van der Waals surface area contributed by atoms with E-state index in [0.29, 0.717) is 5.56 Å². The maximum atomic E-state index is 13.3. The smallest absolute Gasteiger partial charge is 0.252 e. The summed E-state index contributed by atoms with van der Waals surface area (Å²) in [4.78, 5) is 12.2. The Morgan fingerprint density at radius 3 is 2.80 bits per heavy atom. The standard InChI is InChI=1S/C17H12FNO/c18-11-6-8-13-14-7-5-10-3-1-2-4-12(10)16(14)19-17(20)15(13)9-11/h1-9,14,16H,(H,19,20)/t14-,16-/m1/s1. The predicted octanol–water partition coefficient (Wildman–Crippen LogP) is 3.42. The molecule has 2 nitrogen and oxygen atoms in total. The van der Waals surface area contributed by atoms with Crippen molar-refractivity contribution in [1.29, 1.82) is 0 Å². The van der Waals surface area contributed by atoms with Gasteiger partial charge in [-0.3, -0.25) is 4.79 Å². The minimum absolute atomic E-state index is 0.0678. The van der Waals surface area contributed by atoms with Crippen molar-refractivity contribution in [3.8, 4) is 0 Å². The van der Waals surface area contributed by atoms with Crippen molar-refractivity contribution < 1.29 is 9.18 Å². The van der Waals surface area contributed by atoms with E-state index in [1.54, 1.807) is 6.07 Å². The molecule has 3 heteroatoms. The van der Waals surface area contributed by atoms with Gasteiger partial charge in [0.2, 0.25) is 0 Å². The van der Waals surface area contributed by atoms with Gasteiger partial charge in [-0.2, -0.15) is 0 Å². The van der Waals surface area contributed by atoms with Crippen LogP contribution in [0, 0.1) is 5.82 Å². The van der Waals surface area contributed by atoms with Crippen molar-refractivity contribution in [2.45, 2.75) is 12.0 Å². The van der Waals surface area contributed by atoms with Gasteiger partial charge in [0.25, 0.3) is 5.91 Å². The fraction of sp³-hybridized carbons (Fsp3) is 0.118. The number of nitrogens with one attached hydrogen (secondary N) is 1. The van der Waals surface area contributed by atoms with Gasteiger partial charge in [-0.15, -0.1) is 0 Å². The van der Waals surface area contributed by atoms with Crippen LogP contribution in [0.2, 0.25) is 0 Å². The second kappa shape index (κ2) is 4.04. The van der Waals surface area contributed by atoms with Crippen LogP contribution in [0.3, 0.4) is 0 Å². The molecular formula is C17H12FNO. The second-order valence-electron chi connectivity index (χ2n) is 5.20. The summed E-state index contributed by atoms with van der Waals surface area (Å²) in [6.45, 7) is 0. The number of hydrogen-bond donors (Lipinski definition) is 1.